The van der Waals surface area contributed by atoms with Gasteiger partial charge in [0.2, 0.25) is 0 Å². The van der Waals surface area contributed by atoms with Crippen LogP contribution in [0.15, 0.2) is 35.5 Å². The molecule has 2 aliphatic rings. The first-order valence-corrected chi connectivity index (χ1v) is 12.8. The summed E-state index contributed by atoms with van der Waals surface area (Å²) in [5.41, 5.74) is -3.18. The summed E-state index contributed by atoms with van der Waals surface area (Å²) in [6.07, 6.45) is -6.36. The molecule has 2 aromatic carbocycles. The summed E-state index contributed by atoms with van der Waals surface area (Å²) in [4.78, 5) is 35.4. The molecule has 40 heavy (non-hydrogen) atoms. The van der Waals surface area contributed by atoms with E-state index in [4.69, 9.17) is 37.6 Å². The number of carbonyl (C=O) groups is 2. The molecule has 4 rings (SSSR count). The molecule has 0 aliphatic carbocycles. The van der Waals surface area contributed by atoms with E-state index in [1.807, 2.05) is 0 Å². The van der Waals surface area contributed by atoms with Gasteiger partial charge >= 0.3 is 12.3 Å². The van der Waals surface area contributed by atoms with Gasteiger partial charge in [0.25, 0.3) is 11.5 Å². The molecule has 2 aromatic rings. The molecule has 0 bridgehead atoms. The summed E-state index contributed by atoms with van der Waals surface area (Å²) in [5.74, 6) is -1.51. The van der Waals surface area contributed by atoms with E-state index < -0.39 is 63.3 Å². The number of hydrogen-bond acceptors (Lipinski definition) is 6. The molecule has 0 saturated carbocycles. The SMILES string of the molecule is Cc1cc(C2=NOC(c3cc(Cl)c(F)c(Cl)c3)(C(F)(F)F)C2)ccc1C(=O)NC1CON(C(=O)OC(C)(C)C)C1. The fourth-order valence-corrected chi connectivity index (χ4v) is 4.71. The van der Waals surface area contributed by atoms with Crippen LogP contribution in [0.5, 0.6) is 0 Å². The van der Waals surface area contributed by atoms with Gasteiger partial charge in [-0.15, -0.1) is 0 Å². The van der Waals surface area contributed by atoms with Gasteiger partial charge in [-0.2, -0.15) is 18.2 Å². The molecule has 2 unspecified atom stereocenters. The van der Waals surface area contributed by atoms with Crippen LogP contribution in [0, 0.1) is 12.7 Å². The van der Waals surface area contributed by atoms with Gasteiger partial charge in [0.15, 0.2) is 5.82 Å². The highest BCUT2D eigenvalue weighted by Gasteiger charge is 2.62. The van der Waals surface area contributed by atoms with Gasteiger partial charge in [0.05, 0.1) is 35.0 Å². The molecule has 8 nitrogen and oxygen atoms in total. The predicted octanol–water partition coefficient (Wildman–Crippen LogP) is 6.30. The number of alkyl halides is 3. The third kappa shape index (κ3) is 5.98. The van der Waals surface area contributed by atoms with Crippen molar-refractivity contribution in [2.75, 3.05) is 13.2 Å². The number of ether oxygens (including phenoxy) is 1. The van der Waals surface area contributed by atoms with Crippen molar-refractivity contribution < 1.29 is 41.6 Å². The molecule has 2 aliphatic heterocycles. The summed E-state index contributed by atoms with van der Waals surface area (Å²) < 4.78 is 62.0. The molecular formula is C26H25Cl2F4N3O5. The summed E-state index contributed by atoms with van der Waals surface area (Å²) in [6.45, 7) is 6.88. The fourth-order valence-electron chi connectivity index (χ4n) is 4.22. The second kappa shape index (κ2) is 10.7. The van der Waals surface area contributed by atoms with Crippen molar-refractivity contribution in [1.82, 2.24) is 10.4 Å². The molecule has 1 fully saturated rings. The summed E-state index contributed by atoms with van der Waals surface area (Å²) in [5, 5.41) is 6.31. The number of hydrogen-bond donors (Lipinski definition) is 1. The van der Waals surface area contributed by atoms with Crippen LogP contribution in [0.4, 0.5) is 22.4 Å². The summed E-state index contributed by atoms with van der Waals surface area (Å²) in [7, 11) is 0. The van der Waals surface area contributed by atoms with E-state index in [9.17, 15) is 27.2 Å². The average Bonchev–Trinajstić information content (AvgIpc) is 3.49. The average molecular weight is 606 g/mol. The molecule has 0 aromatic heterocycles. The monoisotopic (exact) mass is 605 g/mol. The Morgan fingerprint density at radius 1 is 1.15 bits per heavy atom. The van der Waals surface area contributed by atoms with E-state index >= 15 is 0 Å². The van der Waals surface area contributed by atoms with Gasteiger partial charge in [0.1, 0.15) is 5.60 Å². The number of hydroxylamine groups is 2. The lowest BCUT2D eigenvalue weighted by Crippen LogP contribution is -2.42. The highest BCUT2D eigenvalue weighted by Crippen LogP contribution is 2.50. The van der Waals surface area contributed by atoms with Crippen LogP contribution < -0.4 is 5.32 Å². The number of rotatable bonds is 4. The van der Waals surface area contributed by atoms with Crippen LogP contribution in [0.25, 0.3) is 0 Å². The molecule has 2 amide bonds. The zero-order valence-corrected chi connectivity index (χ0v) is 23.3. The first kappa shape index (κ1) is 29.9. The minimum absolute atomic E-state index is 0.0406. The second-order valence-electron chi connectivity index (χ2n) is 10.4. The number of carbonyl (C=O) groups excluding carboxylic acids is 2. The Hall–Kier alpha value is -3.09. The Bertz CT molecular complexity index is 1360. The second-order valence-corrected chi connectivity index (χ2v) is 11.2. The Labute approximate surface area is 237 Å². The zero-order chi connectivity index (χ0) is 29.6. The van der Waals surface area contributed by atoms with Crippen molar-refractivity contribution in [2.24, 2.45) is 5.16 Å². The smallest absolute Gasteiger partial charge is 0.435 e. The molecule has 2 atom stereocenters. The topological polar surface area (TPSA) is 89.5 Å². The molecule has 216 valence electrons. The molecular weight excluding hydrogens is 581 g/mol. The Balaban J connectivity index is 1.48. The van der Waals surface area contributed by atoms with Crippen LogP contribution in [-0.2, 0) is 20.0 Å². The fraction of sp³-hybridized carbons (Fsp3) is 0.423. The van der Waals surface area contributed by atoms with E-state index in [2.05, 4.69) is 10.5 Å². The summed E-state index contributed by atoms with van der Waals surface area (Å²) >= 11 is 11.5. The number of benzene rings is 2. The Morgan fingerprint density at radius 3 is 2.38 bits per heavy atom. The van der Waals surface area contributed by atoms with Crippen molar-refractivity contribution in [3.63, 3.8) is 0 Å². The zero-order valence-electron chi connectivity index (χ0n) is 21.8. The van der Waals surface area contributed by atoms with Gasteiger partial charge in [-0.1, -0.05) is 34.4 Å². The number of aryl methyl sites for hydroxylation is 1. The highest BCUT2D eigenvalue weighted by atomic mass is 35.5. The summed E-state index contributed by atoms with van der Waals surface area (Å²) in [6, 6.07) is 5.51. The first-order valence-electron chi connectivity index (χ1n) is 12.0. The maximum Gasteiger partial charge on any atom is 0.435 e. The van der Waals surface area contributed by atoms with Crippen molar-refractivity contribution in [3.8, 4) is 0 Å². The predicted molar refractivity (Wildman–Crippen MR) is 138 cm³/mol. The minimum atomic E-state index is -4.95. The normalized spacial score (nSPS) is 21.2. The first-order chi connectivity index (χ1) is 18.5. The highest BCUT2D eigenvalue weighted by molar-refractivity contribution is 6.35. The minimum Gasteiger partial charge on any atom is -0.442 e. The lowest BCUT2D eigenvalue weighted by molar-refractivity contribution is -0.275. The maximum absolute atomic E-state index is 14.3. The van der Waals surface area contributed by atoms with Crippen LogP contribution in [0.2, 0.25) is 10.0 Å². The maximum atomic E-state index is 14.3. The van der Waals surface area contributed by atoms with E-state index in [-0.39, 0.29) is 24.4 Å². The lowest BCUT2D eigenvalue weighted by Gasteiger charge is -2.29. The number of halogens is 6. The third-order valence-corrected chi connectivity index (χ3v) is 6.74. The number of nitrogens with zero attached hydrogens (tertiary/aromatic N) is 2. The van der Waals surface area contributed by atoms with Crippen molar-refractivity contribution in [2.45, 2.75) is 57.5 Å². The van der Waals surface area contributed by atoms with Crippen molar-refractivity contribution >= 4 is 40.9 Å². The van der Waals surface area contributed by atoms with Crippen molar-refractivity contribution in [1.29, 1.82) is 0 Å². The Kier molecular flexibility index (Phi) is 8.00. The molecule has 2 heterocycles. The molecule has 1 saturated heterocycles. The molecule has 14 heteroatoms. The van der Waals surface area contributed by atoms with Gasteiger partial charge in [-0.25, -0.2) is 9.18 Å². The van der Waals surface area contributed by atoms with Crippen LogP contribution in [0.3, 0.4) is 0 Å². The van der Waals surface area contributed by atoms with Gasteiger partial charge < -0.3 is 14.9 Å². The van der Waals surface area contributed by atoms with Crippen LogP contribution in [0.1, 0.15) is 54.2 Å². The van der Waals surface area contributed by atoms with Gasteiger partial charge in [-0.05, 0) is 63.1 Å². The van der Waals surface area contributed by atoms with E-state index in [1.54, 1.807) is 27.7 Å². The number of oxime groups is 1. The molecule has 0 spiro atoms. The van der Waals surface area contributed by atoms with Crippen LogP contribution in [-0.4, -0.2) is 53.7 Å². The number of nitrogens with one attached hydrogen (secondary N) is 1. The Morgan fingerprint density at radius 2 is 1.80 bits per heavy atom. The molecule has 1 N–H and O–H groups in total. The van der Waals surface area contributed by atoms with Crippen LogP contribution >= 0.6 is 23.2 Å². The van der Waals surface area contributed by atoms with Gasteiger partial charge in [-0.3, -0.25) is 9.63 Å². The lowest BCUT2D eigenvalue weighted by atomic mass is 9.86. The standard InChI is InChI=1S/C26H25Cl2F4N3O5/c1-13-7-14(5-6-17(13)22(36)33-16-11-35(38-12-16)23(37)39-24(2,3)4)20-10-25(40-34-20,26(30,31)32)15-8-18(27)21(29)19(28)9-15/h5-9,16H,10-12H2,1-4H3,(H,33,36). The molecule has 0 radical (unpaired) electrons. The van der Waals surface area contributed by atoms with Gasteiger partial charge in [0, 0.05) is 17.5 Å². The largest absolute Gasteiger partial charge is 0.442 e. The van der Waals surface area contributed by atoms with Crippen molar-refractivity contribution in [3.05, 3.63) is 68.4 Å². The van der Waals surface area contributed by atoms with E-state index in [1.165, 1.54) is 18.2 Å². The third-order valence-electron chi connectivity index (χ3n) is 6.19. The van der Waals surface area contributed by atoms with E-state index in [0.29, 0.717) is 11.1 Å². The van der Waals surface area contributed by atoms with E-state index in [0.717, 1.165) is 17.2 Å². The quantitative estimate of drug-likeness (QED) is 0.326. The number of amides is 2.